The Kier molecular flexibility index (Phi) is 5.22. The molecule has 1 aromatic rings. The first-order valence-corrected chi connectivity index (χ1v) is 9.17. The summed E-state index contributed by atoms with van der Waals surface area (Å²) in [7, 11) is -3.74. The molecule has 0 aliphatic heterocycles. The highest BCUT2D eigenvalue weighted by Crippen LogP contribution is 2.30. The zero-order valence-corrected chi connectivity index (χ0v) is 13.6. The molecule has 1 heterocycles. The van der Waals surface area contributed by atoms with Crippen LogP contribution in [0.2, 0.25) is 0 Å². The minimum Gasteiger partial charge on any atom is -0.366 e. The Morgan fingerprint density at radius 2 is 2.05 bits per heavy atom. The SMILES string of the molecule is CC(C)C1CCCC(Nc2ncccc2S(N)(=O)=O)CC1. The molecule has 0 radical (unpaired) electrons. The largest absolute Gasteiger partial charge is 0.366 e. The van der Waals surface area contributed by atoms with Crippen molar-refractivity contribution in [3.63, 3.8) is 0 Å². The van der Waals surface area contributed by atoms with Gasteiger partial charge in [0.2, 0.25) is 10.0 Å². The number of nitrogens with two attached hydrogens (primary N) is 1. The molecule has 0 amide bonds. The first-order valence-electron chi connectivity index (χ1n) is 7.62. The molecular weight excluding hydrogens is 286 g/mol. The van der Waals surface area contributed by atoms with E-state index in [9.17, 15) is 8.42 Å². The summed E-state index contributed by atoms with van der Waals surface area (Å²) in [5, 5.41) is 8.53. The van der Waals surface area contributed by atoms with Gasteiger partial charge in [-0.3, -0.25) is 0 Å². The van der Waals surface area contributed by atoms with E-state index in [1.807, 2.05) is 0 Å². The summed E-state index contributed by atoms with van der Waals surface area (Å²) in [6.07, 6.45) is 7.27. The monoisotopic (exact) mass is 311 g/mol. The van der Waals surface area contributed by atoms with Crippen LogP contribution in [0.1, 0.15) is 46.0 Å². The summed E-state index contributed by atoms with van der Waals surface area (Å²) >= 11 is 0. The minimum atomic E-state index is -3.74. The smallest absolute Gasteiger partial charge is 0.241 e. The molecule has 1 fully saturated rings. The molecule has 0 saturated heterocycles. The zero-order chi connectivity index (χ0) is 15.5. The van der Waals surface area contributed by atoms with Gasteiger partial charge in [0.15, 0.2) is 0 Å². The molecule has 1 aliphatic rings. The Balaban J connectivity index is 2.09. The lowest BCUT2D eigenvalue weighted by Crippen LogP contribution is -2.23. The van der Waals surface area contributed by atoms with Crippen LogP contribution >= 0.6 is 0 Å². The van der Waals surface area contributed by atoms with E-state index >= 15 is 0 Å². The van der Waals surface area contributed by atoms with Gasteiger partial charge in [-0.15, -0.1) is 0 Å². The molecule has 3 N–H and O–H groups in total. The third-order valence-corrected chi connectivity index (χ3v) is 5.32. The van der Waals surface area contributed by atoms with Crippen LogP contribution in [0.15, 0.2) is 23.2 Å². The molecule has 2 unspecified atom stereocenters. The molecule has 2 rings (SSSR count). The average molecular weight is 311 g/mol. The van der Waals surface area contributed by atoms with Gasteiger partial charge in [-0.1, -0.05) is 26.7 Å². The highest BCUT2D eigenvalue weighted by molar-refractivity contribution is 7.89. The maximum absolute atomic E-state index is 11.6. The van der Waals surface area contributed by atoms with Gasteiger partial charge < -0.3 is 5.32 Å². The number of aromatic nitrogens is 1. The summed E-state index contributed by atoms with van der Waals surface area (Å²) in [6.45, 7) is 4.55. The van der Waals surface area contributed by atoms with E-state index < -0.39 is 10.0 Å². The van der Waals surface area contributed by atoms with Crippen LogP contribution in [0, 0.1) is 11.8 Å². The number of anilines is 1. The zero-order valence-electron chi connectivity index (χ0n) is 12.7. The van der Waals surface area contributed by atoms with E-state index in [-0.39, 0.29) is 10.9 Å². The number of nitrogens with one attached hydrogen (secondary N) is 1. The molecule has 21 heavy (non-hydrogen) atoms. The lowest BCUT2D eigenvalue weighted by molar-refractivity contribution is 0.341. The molecular formula is C15H25N3O2S. The van der Waals surface area contributed by atoms with Gasteiger partial charge in [-0.2, -0.15) is 0 Å². The van der Waals surface area contributed by atoms with E-state index in [0.717, 1.165) is 25.2 Å². The Morgan fingerprint density at radius 3 is 2.71 bits per heavy atom. The Bertz CT molecular complexity index is 572. The fraction of sp³-hybridized carbons (Fsp3) is 0.667. The second-order valence-electron chi connectivity index (χ2n) is 6.25. The van der Waals surface area contributed by atoms with Crippen molar-refractivity contribution < 1.29 is 8.42 Å². The Morgan fingerprint density at radius 1 is 1.29 bits per heavy atom. The van der Waals surface area contributed by atoms with Gasteiger partial charge in [0.1, 0.15) is 10.7 Å². The summed E-state index contributed by atoms with van der Waals surface area (Å²) in [4.78, 5) is 4.23. The fourth-order valence-electron chi connectivity index (χ4n) is 3.06. The quantitative estimate of drug-likeness (QED) is 0.837. The van der Waals surface area contributed by atoms with Crippen molar-refractivity contribution in [2.24, 2.45) is 17.0 Å². The predicted octanol–water partition coefficient (Wildman–Crippen LogP) is 2.75. The highest BCUT2D eigenvalue weighted by atomic mass is 32.2. The number of nitrogens with zero attached hydrogens (tertiary/aromatic N) is 1. The molecule has 1 aliphatic carbocycles. The number of pyridine rings is 1. The van der Waals surface area contributed by atoms with E-state index in [2.05, 4.69) is 24.1 Å². The topological polar surface area (TPSA) is 85.1 Å². The van der Waals surface area contributed by atoms with Crippen LogP contribution in [0.5, 0.6) is 0 Å². The minimum absolute atomic E-state index is 0.0784. The van der Waals surface area contributed by atoms with Crippen LogP contribution in [0.25, 0.3) is 0 Å². The van der Waals surface area contributed by atoms with Crippen molar-refractivity contribution in [1.82, 2.24) is 4.98 Å². The number of sulfonamides is 1. The van der Waals surface area contributed by atoms with Crippen molar-refractivity contribution in [2.75, 3.05) is 5.32 Å². The van der Waals surface area contributed by atoms with Gasteiger partial charge in [0, 0.05) is 12.2 Å². The van der Waals surface area contributed by atoms with Gasteiger partial charge in [0.25, 0.3) is 0 Å². The second kappa shape index (κ2) is 6.75. The lowest BCUT2D eigenvalue weighted by Gasteiger charge is -2.20. The standard InChI is InChI=1S/C15H25N3O2S/c1-11(2)12-5-3-6-13(9-8-12)18-15-14(21(16,19)20)7-4-10-17-15/h4,7,10-13H,3,5-6,8-9H2,1-2H3,(H,17,18)(H2,16,19,20). The normalized spacial score (nSPS) is 23.8. The van der Waals surface area contributed by atoms with Gasteiger partial charge in [-0.25, -0.2) is 18.5 Å². The summed E-state index contributed by atoms with van der Waals surface area (Å²) in [6, 6.07) is 3.36. The number of hydrogen-bond acceptors (Lipinski definition) is 4. The van der Waals surface area contributed by atoms with Crippen molar-refractivity contribution in [2.45, 2.75) is 56.9 Å². The third kappa shape index (κ3) is 4.41. The van der Waals surface area contributed by atoms with E-state index in [0.29, 0.717) is 11.7 Å². The van der Waals surface area contributed by atoms with Crippen molar-refractivity contribution in [3.05, 3.63) is 18.3 Å². The first kappa shape index (κ1) is 16.2. The molecule has 1 aromatic heterocycles. The Labute approximate surface area is 127 Å². The van der Waals surface area contributed by atoms with E-state index in [4.69, 9.17) is 5.14 Å². The molecule has 1 saturated carbocycles. The third-order valence-electron chi connectivity index (χ3n) is 4.37. The molecule has 6 heteroatoms. The maximum atomic E-state index is 11.6. The molecule has 0 aromatic carbocycles. The predicted molar refractivity (Wildman–Crippen MR) is 84.4 cm³/mol. The lowest BCUT2D eigenvalue weighted by atomic mass is 9.89. The number of rotatable bonds is 4. The first-order chi connectivity index (χ1) is 9.88. The highest BCUT2D eigenvalue weighted by Gasteiger charge is 2.23. The van der Waals surface area contributed by atoms with Crippen molar-refractivity contribution in [1.29, 1.82) is 0 Å². The van der Waals surface area contributed by atoms with Gasteiger partial charge in [0.05, 0.1) is 0 Å². The molecule has 0 bridgehead atoms. The Hall–Kier alpha value is -1.14. The molecule has 118 valence electrons. The van der Waals surface area contributed by atoms with Crippen molar-refractivity contribution in [3.8, 4) is 0 Å². The molecule has 2 atom stereocenters. The van der Waals surface area contributed by atoms with Crippen molar-refractivity contribution >= 4 is 15.8 Å². The maximum Gasteiger partial charge on any atom is 0.241 e. The summed E-state index contributed by atoms with van der Waals surface area (Å²) < 4.78 is 23.2. The molecule has 5 nitrogen and oxygen atoms in total. The fourth-order valence-corrected chi connectivity index (χ4v) is 3.71. The van der Waals surface area contributed by atoms with Gasteiger partial charge in [-0.05, 0) is 43.2 Å². The van der Waals surface area contributed by atoms with E-state index in [1.54, 1.807) is 12.3 Å². The average Bonchev–Trinajstić information content (AvgIpc) is 2.64. The van der Waals surface area contributed by atoms with Gasteiger partial charge >= 0.3 is 0 Å². The van der Waals surface area contributed by atoms with Crippen LogP contribution in [0.3, 0.4) is 0 Å². The molecule has 0 spiro atoms. The number of primary sulfonamides is 1. The summed E-state index contributed by atoms with van der Waals surface area (Å²) in [5.74, 6) is 1.85. The summed E-state index contributed by atoms with van der Waals surface area (Å²) in [5.41, 5.74) is 0. The van der Waals surface area contributed by atoms with Crippen LogP contribution in [-0.2, 0) is 10.0 Å². The van der Waals surface area contributed by atoms with Crippen LogP contribution in [-0.4, -0.2) is 19.4 Å². The van der Waals surface area contributed by atoms with Crippen LogP contribution in [0.4, 0.5) is 5.82 Å². The van der Waals surface area contributed by atoms with Crippen LogP contribution < -0.4 is 10.5 Å². The number of hydrogen-bond donors (Lipinski definition) is 2. The second-order valence-corrected chi connectivity index (χ2v) is 7.78. The van der Waals surface area contributed by atoms with E-state index in [1.165, 1.54) is 18.9 Å².